The summed E-state index contributed by atoms with van der Waals surface area (Å²) in [7, 11) is 0. The molecule has 2 N–H and O–H groups in total. The monoisotopic (exact) mass is 434 g/mol. The smallest absolute Gasteiger partial charge is 0.417 e. The molecule has 0 aliphatic heterocycles. The number of phenolic OH excluding ortho intramolecular Hbond substituents is 1. The lowest BCUT2D eigenvalue weighted by molar-refractivity contribution is -0.137. The van der Waals surface area contributed by atoms with Crippen molar-refractivity contribution in [1.29, 1.82) is 0 Å². The lowest BCUT2D eigenvalue weighted by Gasteiger charge is -2.14. The van der Waals surface area contributed by atoms with Gasteiger partial charge >= 0.3 is 6.18 Å². The number of hydrazone groups is 1. The van der Waals surface area contributed by atoms with Crippen LogP contribution in [0.25, 0.3) is 22.5 Å². The number of anilines is 1. The van der Waals surface area contributed by atoms with Crippen molar-refractivity contribution in [2.75, 3.05) is 5.43 Å². The SMILES string of the molecule is Oc1ccc(/C=N/Nc2nc(-c3ccccc3)cc(-c3ccccc3C(F)(F)F)n2)cc1. The minimum absolute atomic E-state index is 0.0494. The first-order valence-electron chi connectivity index (χ1n) is 9.59. The lowest BCUT2D eigenvalue weighted by atomic mass is 10.0. The van der Waals surface area contributed by atoms with Crippen LogP contribution < -0.4 is 5.43 Å². The summed E-state index contributed by atoms with van der Waals surface area (Å²) in [5, 5.41) is 13.4. The van der Waals surface area contributed by atoms with Crippen LogP contribution >= 0.6 is 0 Å². The van der Waals surface area contributed by atoms with E-state index in [9.17, 15) is 18.3 Å². The summed E-state index contributed by atoms with van der Waals surface area (Å²) >= 11 is 0. The molecule has 0 atom stereocenters. The molecule has 1 aromatic heterocycles. The van der Waals surface area contributed by atoms with Crippen LogP contribution in [-0.2, 0) is 6.18 Å². The van der Waals surface area contributed by atoms with E-state index in [0.717, 1.165) is 11.6 Å². The van der Waals surface area contributed by atoms with E-state index < -0.39 is 11.7 Å². The molecule has 0 amide bonds. The van der Waals surface area contributed by atoms with Gasteiger partial charge in [-0.05, 0) is 42.0 Å². The lowest BCUT2D eigenvalue weighted by Crippen LogP contribution is -2.08. The first-order valence-corrected chi connectivity index (χ1v) is 9.59. The van der Waals surface area contributed by atoms with Crippen LogP contribution in [0, 0.1) is 0 Å². The van der Waals surface area contributed by atoms with Crippen molar-refractivity contribution in [2.45, 2.75) is 6.18 Å². The summed E-state index contributed by atoms with van der Waals surface area (Å²) < 4.78 is 40.7. The maximum Gasteiger partial charge on any atom is 0.417 e. The summed E-state index contributed by atoms with van der Waals surface area (Å²) in [4.78, 5) is 8.68. The Hall–Kier alpha value is -4.20. The van der Waals surface area contributed by atoms with Crippen molar-refractivity contribution in [2.24, 2.45) is 5.10 Å². The van der Waals surface area contributed by atoms with Crippen LogP contribution in [0.2, 0.25) is 0 Å². The zero-order valence-corrected chi connectivity index (χ0v) is 16.6. The number of nitrogens with one attached hydrogen (secondary N) is 1. The van der Waals surface area contributed by atoms with Gasteiger partial charge in [0.25, 0.3) is 0 Å². The Balaban J connectivity index is 1.75. The third-order valence-corrected chi connectivity index (χ3v) is 4.58. The summed E-state index contributed by atoms with van der Waals surface area (Å²) in [5.74, 6) is 0.176. The van der Waals surface area contributed by atoms with Gasteiger partial charge in [-0.25, -0.2) is 15.4 Å². The minimum Gasteiger partial charge on any atom is -0.508 e. The van der Waals surface area contributed by atoms with Crippen molar-refractivity contribution in [3.8, 4) is 28.3 Å². The van der Waals surface area contributed by atoms with Gasteiger partial charge in [0.15, 0.2) is 0 Å². The topological polar surface area (TPSA) is 70.4 Å². The van der Waals surface area contributed by atoms with Gasteiger partial charge < -0.3 is 5.11 Å². The number of alkyl halides is 3. The van der Waals surface area contributed by atoms with Crippen LogP contribution in [0.5, 0.6) is 5.75 Å². The Bertz CT molecular complexity index is 1240. The van der Waals surface area contributed by atoms with E-state index in [1.807, 2.05) is 30.3 Å². The molecule has 0 aliphatic carbocycles. The van der Waals surface area contributed by atoms with Gasteiger partial charge in [-0.1, -0.05) is 48.5 Å². The Morgan fingerprint density at radius 3 is 2.19 bits per heavy atom. The molecule has 5 nitrogen and oxygen atoms in total. The highest BCUT2D eigenvalue weighted by atomic mass is 19.4. The van der Waals surface area contributed by atoms with Crippen molar-refractivity contribution >= 4 is 12.2 Å². The van der Waals surface area contributed by atoms with Gasteiger partial charge in [-0.3, -0.25) is 0 Å². The second kappa shape index (κ2) is 8.89. The van der Waals surface area contributed by atoms with E-state index in [4.69, 9.17) is 0 Å². The minimum atomic E-state index is -4.53. The third-order valence-electron chi connectivity index (χ3n) is 4.58. The Morgan fingerprint density at radius 2 is 1.47 bits per heavy atom. The molecule has 8 heteroatoms. The molecule has 1 heterocycles. The van der Waals surface area contributed by atoms with Gasteiger partial charge in [0.2, 0.25) is 5.95 Å². The number of halogens is 3. The number of hydrogen-bond donors (Lipinski definition) is 2. The first kappa shape index (κ1) is 21.0. The fourth-order valence-corrected chi connectivity index (χ4v) is 3.07. The molecular weight excluding hydrogens is 417 g/mol. The maximum atomic E-state index is 13.6. The number of phenols is 1. The number of aromatic nitrogens is 2. The molecule has 0 fully saturated rings. The largest absolute Gasteiger partial charge is 0.508 e. The Kier molecular flexibility index (Phi) is 5.85. The third kappa shape index (κ3) is 4.92. The summed E-state index contributed by atoms with van der Waals surface area (Å²) in [6, 6.07) is 22.2. The van der Waals surface area contributed by atoms with E-state index in [0.29, 0.717) is 11.3 Å². The highest BCUT2D eigenvalue weighted by Gasteiger charge is 2.33. The molecule has 32 heavy (non-hydrogen) atoms. The second-order valence-corrected chi connectivity index (χ2v) is 6.83. The van der Waals surface area contributed by atoms with Crippen LogP contribution in [0.3, 0.4) is 0 Å². The fourth-order valence-electron chi connectivity index (χ4n) is 3.07. The molecule has 0 saturated carbocycles. The Labute approximate surface area is 181 Å². The number of nitrogens with zero attached hydrogens (tertiary/aromatic N) is 3. The maximum absolute atomic E-state index is 13.6. The molecular formula is C24H17F3N4O. The summed E-state index contributed by atoms with van der Waals surface area (Å²) in [6.07, 6.45) is -3.04. The molecule has 0 saturated heterocycles. The average molecular weight is 434 g/mol. The zero-order chi connectivity index (χ0) is 22.6. The normalized spacial score (nSPS) is 11.6. The van der Waals surface area contributed by atoms with E-state index in [1.54, 1.807) is 12.1 Å². The standard InChI is InChI=1S/C24H17F3N4O/c25-24(26,27)20-9-5-4-8-19(20)22-14-21(17-6-2-1-3-7-17)29-23(30-22)31-28-15-16-10-12-18(32)13-11-16/h1-15,32H,(H,29,30,31)/b28-15+. The van der Waals surface area contributed by atoms with Gasteiger partial charge in [-0.15, -0.1) is 0 Å². The number of rotatable bonds is 5. The molecule has 4 rings (SSSR count). The fraction of sp³-hybridized carbons (Fsp3) is 0.0417. The predicted molar refractivity (Wildman–Crippen MR) is 117 cm³/mol. The van der Waals surface area contributed by atoms with E-state index in [1.165, 1.54) is 42.6 Å². The van der Waals surface area contributed by atoms with Crippen molar-refractivity contribution in [1.82, 2.24) is 9.97 Å². The molecule has 160 valence electrons. The van der Waals surface area contributed by atoms with Crippen LogP contribution in [-0.4, -0.2) is 21.3 Å². The number of aromatic hydroxyl groups is 1. The van der Waals surface area contributed by atoms with E-state index in [-0.39, 0.29) is 23.0 Å². The Morgan fingerprint density at radius 1 is 0.812 bits per heavy atom. The van der Waals surface area contributed by atoms with Crippen LogP contribution in [0.1, 0.15) is 11.1 Å². The summed E-state index contributed by atoms with van der Waals surface area (Å²) in [6.45, 7) is 0. The molecule has 0 radical (unpaired) electrons. The molecule has 0 bridgehead atoms. The molecule has 3 aromatic carbocycles. The van der Waals surface area contributed by atoms with Crippen molar-refractivity contribution in [3.63, 3.8) is 0 Å². The van der Waals surface area contributed by atoms with Gasteiger partial charge in [0.05, 0.1) is 23.2 Å². The van der Waals surface area contributed by atoms with Crippen LogP contribution in [0.4, 0.5) is 19.1 Å². The molecule has 0 spiro atoms. The average Bonchev–Trinajstić information content (AvgIpc) is 2.80. The first-order chi connectivity index (χ1) is 15.4. The van der Waals surface area contributed by atoms with Gasteiger partial charge in [0, 0.05) is 11.1 Å². The second-order valence-electron chi connectivity index (χ2n) is 6.83. The van der Waals surface area contributed by atoms with Crippen molar-refractivity contribution < 1.29 is 18.3 Å². The predicted octanol–water partition coefficient (Wildman–Crippen LogP) is 5.98. The highest BCUT2D eigenvalue weighted by Crippen LogP contribution is 2.37. The quantitative estimate of drug-likeness (QED) is 0.299. The molecule has 0 aliphatic rings. The summed E-state index contributed by atoms with van der Waals surface area (Å²) in [5.41, 5.74) is 3.86. The zero-order valence-electron chi connectivity index (χ0n) is 16.6. The number of hydrogen-bond acceptors (Lipinski definition) is 5. The van der Waals surface area contributed by atoms with Gasteiger partial charge in [-0.2, -0.15) is 18.3 Å². The van der Waals surface area contributed by atoms with Crippen LogP contribution in [0.15, 0.2) is 90.0 Å². The van der Waals surface area contributed by atoms with E-state index >= 15 is 0 Å². The highest BCUT2D eigenvalue weighted by molar-refractivity contribution is 5.80. The van der Waals surface area contributed by atoms with Crippen molar-refractivity contribution in [3.05, 3.63) is 96.1 Å². The van der Waals surface area contributed by atoms with E-state index in [2.05, 4.69) is 20.5 Å². The van der Waals surface area contributed by atoms with Gasteiger partial charge in [0.1, 0.15) is 5.75 Å². The molecule has 0 unspecified atom stereocenters. The number of benzene rings is 3. The molecule has 4 aromatic rings.